The summed E-state index contributed by atoms with van der Waals surface area (Å²) in [5, 5.41) is 13.1. The van der Waals surface area contributed by atoms with Gasteiger partial charge >= 0.3 is 0 Å². The van der Waals surface area contributed by atoms with Gasteiger partial charge in [-0.3, -0.25) is 9.58 Å². The van der Waals surface area contributed by atoms with Crippen LogP contribution in [0.4, 0.5) is 0 Å². The van der Waals surface area contributed by atoms with Gasteiger partial charge in [0, 0.05) is 39.1 Å². The van der Waals surface area contributed by atoms with Gasteiger partial charge < -0.3 is 4.57 Å². The van der Waals surface area contributed by atoms with E-state index in [-0.39, 0.29) is 0 Å². The van der Waals surface area contributed by atoms with E-state index in [1.54, 1.807) is 6.20 Å². The third-order valence-electron chi connectivity index (χ3n) is 3.50. The molecule has 6 heteroatoms. The minimum absolute atomic E-state index is 0.366. The molecule has 1 unspecified atom stereocenters. The highest BCUT2D eigenvalue weighted by Gasteiger charge is 2.24. The molecule has 0 radical (unpaired) electrons. The second kappa shape index (κ2) is 4.86. The molecule has 2 aromatic heterocycles. The fourth-order valence-corrected chi connectivity index (χ4v) is 2.54. The molecule has 3 heterocycles. The Kier molecular flexibility index (Phi) is 3.05. The van der Waals surface area contributed by atoms with Crippen molar-refractivity contribution in [2.75, 3.05) is 13.1 Å². The number of aryl methyl sites for hydroxylation is 1. The Labute approximate surface area is 111 Å². The summed E-state index contributed by atoms with van der Waals surface area (Å²) in [6, 6.07) is 2.48. The molecule has 0 saturated carbocycles. The number of aromatic nitrogens is 4. The zero-order chi connectivity index (χ0) is 13.2. The maximum atomic E-state index is 8.82. The summed E-state index contributed by atoms with van der Waals surface area (Å²) in [7, 11) is 1.98. The van der Waals surface area contributed by atoms with Crippen molar-refractivity contribution < 1.29 is 0 Å². The lowest BCUT2D eigenvalue weighted by atomic mass is 10.3. The third kappa shape index (κ3) is 2.51. The highest BCUT2D eigenvalue weighted by molar-refractivity contribution is 5.22. The smallest absolute Gasteiger partial charge is 0.102 e. The van der Waals surface area contributed by atoms with E-state index in [0.29, 0.717) is 11.6 Å². The number of imidazole rings is 1. The Morgan fingerprint density at radius 3 is 3.05 bits per heavy atom. The average Bonchev–Trinajstić information content (AvgIpc) is 3.10. The van der Waals surface area contributed by atoms with Gasteiger partial charge in [-0.1, -0.05) is 0 Å². The minimum Gasteiger partial charge on any atom is -0.340 e. The van der Waals surface area contributed by atoms with E-state index in [1.807, 2.05) is 28.8 Å². The summed E-state index contributed by atoms with van der Waals surface area (Å²) in [6.45, 7) is 2.88. The predicted molar refractivity (Wildman–Crippen MR) is 69.1 cm³/mol. The fourth-order valence-electron chi connectivity index (χ4n) is 2.54. The van der Waals surface area contributed by atoms with Crippen molar-refractivity contribution in [1.82, 2.24) is 24.2 Å². The average molecular weight is 256 g/mol. The molecule has 1 aliphatic rings. The van der Waals surface area contributed by atoms with Crippen LogP contribution in [0.2, 0.25) is 0 Å². The number of nitrogens with zero attached hydrogens (tertiary/aromatic N) is 6. The molecule has 1 saturated heterocycles. The summed E-state index contributed by atoms with van der Waals surface area (Å²) < 4.78 is 3.88. The first-order valence-corrected chi connectivity index (χ1v) is 6.38. The molecule has 1 atom stereocenters. The van der Waals surface area contributed by atoms with Crippen molar-refractivity contribution in [1.29, 1.82) is 5.26 Å². The zero-order valence-corrected chi connectivity index (χ0v) is 10.9. The van der Waals surface area contributed by atoms with Crippen LogP contribution in [0.15, 0.2) is 24.9 Å². The SMILES string of the molecule is Cn1cnc(CN2CCC(n3cc(C#N)cn3)C2)c1. The first kappa shape index (κ1) is 11.9. The monoisotopic (exact) mass is 256 g/mol. The van der Waals surface area contributed by atoms with Crippen LogP contribution in [0.25, 0.3) is 0 Å². The number of likely N-dealkylation sites (tertiary alicyclic amines) is 1. The highest BCUT2D eigenvalue weighted by atomic mass is 15.3. The zero-order valence-electron chi connectivity index (χ0n) is 10.9. The lowest BCUT2D eigenvalue weighted by Crippen LogP contribution is -2.21. The summed E-state index contributed by atoms with van der Waals surface area (Å²) in [6.07, 6.45) is 8.40. The Hall–Kier alpha value is -2.13. The second-order valence-corrected chi connectivity index (χ2v) is 5.03. The molecule has 0 spiro atoms. The lowest BCUT2D eigenvalue weighted by Gasteiger charge is -2.14. The molecule has 1 aliphatic heterocycles. The predicted octanol–water partition coefficient (Wildman–Crippen LogP) is 0.935. The molecular formula is C13H16N6. The lowest BCUT2D eigenvalue weighted by molar-refractivity contribution is 0.308. The first-order valence-electron chi connectivity index (χ1n) is 6.38. The van der Waals surface area contributed by atoms with Crippen molar-refractivity contribution in [2.24, 2.45) is 7.05 Å². The van der Waals surface area contributed by atoms with Crippen molar-refractivity contribution in [3.8, 4) is 6.07 Å². The van der Waals surface area contributed by atoms with Crippen molar-refractivity contribution >= 4 is 0 Å². The number of hydrogen-bond acceptors (Lipinski definition) is 4. The fraction of sp³-hybridized carbons (Fsp3) is 0.462. The van der Waals surface area contributed by atoms with Crippen LogP contribution in [-0.2, 0) is 13.6 Å². The first-order chi connectivity index (χ1) is 9.24. The Bertz CT molecular complexity index is 605. The summed E-state index contributed by atoms with van der Waals surface area (Å²) in [5.41, 5.74) is 1.73. The van der Waals surface area contributed by atoms with Gasteiger partial charge in [0.15, 0.2) is 0 Å². The van der Waals surface area contributed by atoms with Crippen molar-refractivity contribution in [3.05, 3.63) is 36.2 Å². The molecule has 6 nitrogen and oxygen atoms in total. The number of nitriles is 1. The Balaban J connectivity index is 1.62. The molecule has 2 aromatic rings. The summed E-state index contributed by atoms with van der Waals surface area (Å²) in [4.78, 5) is 6.73. The normalized spacial score (nSPS) is 19.7. The van der Waals surface area contributed by atoms with Crippen LogP contribution in [-0.4, -0.2) is 37.3 Å². The summed E-state index contributed by atoms with van der Waals surface area (Å²) in [5.74, 6) is 0. The molecule has 0 N–H and O–H groups in total. The van der Waals surface area contributed by atoms with Crippen molar-refractivity contribution in [2.45, 2.75) is 19.0 Å². The van der Waals surface area contributed by atoms with Gasteiger partial charge in [-0.15, -0.1) is 0 Å². The van der Waals surface area contributed by atoms with E-state index in [2.05, 4.69) is 27.2 Å². The van der Waals surface area contributed by atoms with Crippen LogP contribution in [0.1, 0.15) is 23.7 Å². The van der Waals surface area contributed by atoms with Crippen LogP contribution < -0.4 is 0 Å². The van der Waals surface area contributed by atoms with Gasteiger partial charge in [-0.2, -0.15) is 10.4 Å². The van der Waals surface area contributed by atoms with Gasteiger partial charge in [0.25, 0.3) is 0 Å². The van der Waals surface area contributed by atoms with E-state index < -0.39 is 0 Å². The largest absolute Gasteiger partial charge is 0.340 e. The Morgan fingerprint density at radius 2 is 2.37 bits per heavy atom. The van der Waals surface area contributed by atoms with Crippen LogP contribution >= 0.6 is 0 Å². The van der Waals surface area contributed by atoms with Gasteiger partial charge in [0.2, 0.25) is 0 Å². The maximum Gasteiger partial charge on any atom is 0.102 e. The molecule has 0 amide bonds. The summed E-state index contributed by atoms with van der Waals surface area (Å²) >= 11 is 0. The molecule has 0 aliphatic carbocycles. The van der Waals surface area contributed by atoms with E-state index in [0.717, 1.165) is 31.7 Å². The standard InChI is InChI=1S/C13H16N6/c1-17-7-12(15-10-17)8-18-3-2-13(9-18)19-6-11(4-14)5-16-19/h5-7,10,13H,2-3,8-9H2,1H3. The topological polar surface area (TPSA) is 62.7 Å². The molecule has 98 valence electrons. The van der Waals surface area contributed by atoms with E-state index >= 15 is 0 Å². The number of hydrogen-bond donors (Lipinski definition) is 0. The van der Waals surface area contributed by atoms with Crippen LogP contribution in [0, 0.1) is 11.3 Å². The molecule has 19 heavy (non-hydrogen) atoms. The molecule has 0 bridgehead atoms. The van der Waals surface area contributed by atoms with E-state index in [4.69, 9.17) is 5.26 Å². The van der Waals surface area contributed by atoms with E-state index in [1.165, 1.54) is 0 Å². The highest BCUT2D eigenvalue weighted by Crippen LogP contribution is 2.22. The molecular weight excluding hydrogens is 240 g/mol. The second-order valence-electron chi connectivity index (χ2n) is 5.03. The molecule has 1 fully saturated rings. The molecule has 0 aromatic carbocycles. The molecule has 3 rings (SSSR count). The van der Waals surface area contributed by atoms with Gasteiger partial charge in [0.05, 0.1) is 29.8 Å². The van der Waals surface area contributed by atoms with Crippen molar-refractivity contribution in [3.63, 3.8) is 0 Å². The maximum absolute atomic E-state index is 8.82. The van der Waals surface area contributed by atoms with Gasteiger partial charge in [-0.25, -0.2) is 4.98 Å². The van der Waals surface area contributed by atoms with Gasteiger partial charge in [0.1, 0.15) is 6.07 Å². The van der Waals surface area contributed by atoms with Crippen LogP contribution in [0.5, 0.6) is 0 Å². The van der Waals surface area contributed by atoms with E-state index in [9.17, 15) is 0 Å². The number of rotatable bonds is 3. The minimum atomic E-state index is 0.366. The quantitative estimate of drug-likeness (QED) is 0.819. The Morgan fingerprint density at radius 1 is 1.47 bits per heavy atom. The third-order valence-corrected chi connectivity index (χ3v) is 3.50. The van der Waals surface area contributed by atoms with Crippen LogP contribution in [0.3, 0.4) is 0 Å². The van der Waals surface area contributed by atoms with Gasteiger partial charge in [-0.05, 0) is 6.42 Å².